The lowest BCUT2D eigenvalue weighted by Gasteiger charge is -2.26. The Morgan fingerprint density at radius 1 is 1.12 bits per heavy atom. The minimum atomic E-state index is -0.0677. The summed E-state index contributed by atoms with van der Waals surface area (Å²) in [4.78, 5) is 14.8. The molecule has 6 heteroatoms. The number of carbonyl (C=O) groups excluding carboxylic acids is 1. The van der Waals surface area contributed by atoms with E-state index < -0.39 is 0 Å². The molecular weight excluding hydrogens is 348 g/mol. The summed E-state index contributed by atoms with van der Waals surface area (Å²) < 4.78 is 11.3. The van der Waals surface area contributed by atoms with Crippen molar-refractivity contribution in [1.29, 1.82) is 0 Å². The van der Waals surface area contributed by atoms with Gasteiger partial charge >= 0.3 is 6.03 Å². The average molecular weight is 370 g/mol. The molecule has 2 aliphatic heterocycles. The second-order valence-electron chi connectivity index (χ2n) is 6.57. The molecule has 0 spiro atoms. The zero-order valence-electron chi connectivity index (χ0n) is 15.0. The van der Waals surface area contributed by atoms with Crippen molar-refractivity contribution < 1.29 is 14.3 Å². The van der Waals surface area contributed by atoms with Crippen molar-refractivity contribution in [3.05, 3.63) is 53.1 Å². The predicted octanol–water partition coefficient (Wildman–Crippen LogP) is 4.35. The third-order valence-electron chi connectivity index (χ3n) is 4.63. The van der Waals surface area contributed by atoms with Gasteiger partial charge in [-0.3, -0.25) is 0 Å². The van der Waals surface area contributed by atoms with Gasteiger partial charge in [-0.1, -0.05) is 23.8 Å². The van der Waals surface area contributed by atoms with E-state index in [-0.39, 0.29) is 11.4 Å². The molecule has 2 aromatic carbocycles. The van der Waals surface area contributed by atoms with Gasteiger partial charge in [-0.25, -0.2) is 4.79 Å². The predicted molar refractivity (Wildman–Crippen MR) is 104 cm³/mol. The Labute approximate surface area is 157 Å². The number of hydrogen-bond acceptors (Lipinski definition) is 4. The maximum atomic E-state index is 12.9. The standard InChI is InChI=1S/C20H22N2O3S/c1-13-3-5-16(14(2)11-13)21-20(23)22-7-10-26-19(22)15-4-6-17-18(12-15)25-9-8-24-17/h3-6,11-12,19H,7-10H2,1-2H3,(H,21,23)/t19-/m1/s1. The number of aryl methyl sites for hydroxylation is 2. The number of amides is 2. The van der Waals surface area contributed by atoms with Gasteiger partial charge in [0.1, 0.15) is 18.6 Å². The highest BCUT2D eigenvalue weighted by atomic mass is 32.2. The summed E-state index contributed by atoms with van der Waals surface area (Å²) in [5.74, 6) is 2.45. The largest absolute Gasteiger partial charge is 0.486 e. The van der Waals surface area contributed by atoms with E-state index >= 15 is 0 Å². The summed E-state index contributed by atoms with van der Waals surface area (Å²) in [5.41, 5.74) is 4.18. The fourth-order valence-electron chi connectivity index (χ4n) is 3.31. The maximum Gasteiger partial charge on any atom is 0.323 e. The molecule has 26 heavy (non-hydrogen) atoms. The molecule has 136 valence electrons. The monoisotopic (exact) mass is 370 g/mol. The van der Waals surface area contributed by atoms with Crippen LogP contribution in [0.1, 0.15) is 22.1 Å². The van der Waals surface area contributed by atoms with Crippen molar-refractivity contribution in [1.82, 2.24) is 4.90 Å². The molecule has 1 saturated heterocycles. The zero-order valence-corrected chi connectivity index (χ0v) is 15.8. The number of ether oxygens (including phenoxy) is 2. The first-order valence-corrected chi connectivity index (χ1v) is 9.83. The molecule has 0 unspecified atom stereocenters. The van der Waals surface area contributed by atoms with E-state index in [2.05, 4.69) is 11.4 Å². The third-order valence-corrected chi connectivity index (χ3v) is 5.89. The number of anilines is 1. The molecule has 0 aromatic heterocycles. The maximum absolute atomic E-state index is 12.9. The third kappa shape index (κ3) is 3.33. The molecule has 0 saturated carbocycles. The number of thioether (sulfide) groups is 1. The van der Waals surface area contributed by atoms with Crippen molar-refractivity contribution in [3.63, 3.8) is 0 Å². The molecule has 2 amide bonds. The van der Waals surface area contributed by atoms with Crippen LogP contribution in [0.15, 0.2) is 36.4 Å². The van der Waals surface area contributed by atoms with Gasteiger partial charge in [0, 0.05) is 18.0 Å². The highest BCUT2D eigenvalue weighted by Gasteiger charge is 2.31. The van der Waals surface area contributed by atoms with Crippen LogP contribution in [0.2, 0.25) is 0 Å². The summed E-state index contributed by atoms with van der Waals surface area (Å²) in [7, 11) is 0. The number of urea groups is 1. The van der Waals surface area contributed by atoms with Crippen LogP contribution in [-0.2, 0) is 0 Å². The Morgan fingerprint density at radius 2 is 1.92 bits per heavy atom. The first-order chi connectivity index (χ1) is 12.6. The molecule has 4 rings (SSSR count). The number of benzene rings is 2. The SMILES string of the molecule is Cc1ccc(NC(=O)N2CCS[C@@H]2c2ccc3c(c2)OCCO3)c(C)c1. The minimum Gasteiger partial charge on any atom is -0.486 e. The van der Waals surface area contributed by atoms with Crippen LogP contribution >= 0.6 is 11.8 Å². The lowest BCUT2D eigenvalue weighted by Crippen LogP contribution is -2.34. The van der Waals surface area contributed by atoms with Crippen molar-refractivity contribution >= 4 is 23.5 Å². The zero-order chi connectivity index (χ0) is 18.1. The van der Waals surface area contributed by atoms with E-state index in [0.29, 0.717) is 13.2 Å². The fraction of sp³-hybridized carbons (Fsp3) is 0.350. The van der Waals surface area contributed by atoms with Crippen LogP contribution in [0.5, 0.6) is 11.5 Å². The molecule has 1 N–H and O–H groups in total. The Kier molecular flexibility index (Phi) is 4.68. The van der Waals surface area contributed by atoms with Crippen LogP contribution in [0.4, 0.5) is 10.5 Å². The first kappa shape index (κ1) is 17.1. The second-order valence-corrected chi connectivity index (χ2v) is 7.76. The Hall–Kier alpha value is -2.34. The van der Waals surface area contributed by atoms with Gasteiger partial charge in [0.05, 0.1) is 0 Å². The fourth-order valence-corrected chi connectivity index (χ4v) is 4.55. The van der Waals surface area contributed by atoms with Gasteiger partial charge < -0.3 is 19.7 Å². The summed E-state index contributed by atoms with van der Waals surface area (Å²) >= 11 is 1.77. The number of fused-ring (bicyclic) bond motifs is 1. The lowest BCUT2D eigenvalue weighted by atomic mass is 10.1. The molecule has 5 nitrogen and oxygen atoms in total. The van der Waals surface area contributed by atoms with E-state index in [4.69, 9.17) is 9.47 Å². The summed E-state index contributed by atoms with van der Waals surface area (Å²) in [6.07, 6.45) is 0. The molecule has 2 aliphatic rings. The number of nitrogens with one attached hydrogen (secondary N) is 1. The van der Waals surface area contributed by atoms with Crippen molar-refractivity contribution in [3.8, 4) is 11.5 Å². The molecular formula is C20H22N2O3S. The first-order valence-electron chi connectivity index (χ1n) is 8.78. The van der Waals surface area contributed by atoms with E-state index in [0.717, 1.165) is 40.6 Å². The quantitative estimate of drug-likeness (QED) is 0.854. The average Bonchev–Trinajstić information content (AvgIpc) is 3.13. The number of carbonyl (C=O) groups is 1. The number of hydrogen-bond donors (Lipinski definition) is 1. The van der Waals surface area contributed by atoms with Crippen LogP contribution in [0.25, 0.3) is 0 Å². The molecule has 0 bridgehead atoms. The molecule has 2 aromatic rings. The van der Waals surface area contributed by atoms with Crippen LogP contribution in [-0.4, -0.2) is 36.4 Å². The van der Waals surface area contributed by atoms with Crippen LogP contribution in [0, 0.1) is 13.8 Å². The summed E-state index contributed by atoms with van der Waals surface area (Å²) in [5, 5.41) is 3.04. The Morgan fingerprint density at radius 3 is 2.73 bits per heavy atom. The van der Waals surface area contributed by atoms with Gasteiger partial charge in [0.2, 0.25) is 0 Å². The molecule has 1 atom stereocenters. The van der Waals surface area contributed by atoms with Crippen molar-refractivity contribution in [2.45, 2.75) is 19.2 Å². The molecule has 0 aliphatic carbocycles. The Balaban J connectivity index is 1.53. The normalized spacial score (nSPS) is 18.7. The highest BCUT2D eigenvalue weighted by molar-refractivity contribution is 7.99. The van der Waals surface area contributed by atoms with Crippen molar-refractivity contribution in [2.75, 3.05) is 30.8 Å². The molecule has 0 radical (unpaired) electrons. The summed E-state index contributed by atoms with van der Waals surface area (Å²) in [6.45, 7) is 5.92. The topological polar surface area (TPSA) is 50.8 Å². The smallest absolute Gasteiger partial charge is 0.323 e. The van der Waals surface area contributed by atoms with E-state index in [1.165, 1.54) is 5.56 Å². The van der Waals surface area contributed by atoms with Gasteiger partial charge in [0.25, 0.3) is 0 Å². The van der Waals surface area contributed by atoms with Crippen LogP contribution in [0.3, 0.4) is 0 Å². The Bertz CT molecular complexity index is 840. The van der Waals surface area contributed by atoms with E-state index in [1.54, 1.807) is 11.8 Å². The molecule has 1 fully saturated rings. The van der Waals surface area contributed by atoms with Crippen molar-refractivity contribution in [2.24, 2.45) is 0 Å². The van der Waals surface area contributed by atoms with E-state index in [9.17, 15) is 4.79 Å². The molecule has 2 heterocycles. The minimum absolute atomic E-state index is 0.0171. The highest BCUT2D eigenvalue weighted by Crippen LogP contribution is 2.42. The summed E-state index contributed by atoms with van der Waals surface area (Å²) in [6, 6.07) is 11.9. The second kappa shape index (κ2) is 7.11. The van der Waals surface area contributed by atoms with E-state index in [1.807, 2.05) is 49.1 Å². The van der Waals surface area contributed by atoms with Gasteiger partial charge in [-0.15, -0.1) is 11.8 Å². The number of rotatable bonds is 2. The van der Waals surface area contributed by atoms with Gasteiger partial charge in [0.15, 0.2) is 11.5 Å². The lowest BCUT2D eigenvalue weighted by molar-refractivity contribution is 0.171. The van der Waals surface area contributed by atoms with Gasteiger partial charge in [-0.2, -0.15) is 0 Å². The van der Waals surface area contributed by atoms with Crippen LogP contribution < -0.4 is 14.8 Å². The van der Waals surface area contributed by atoms with Gasteiger partial charge in [-0.05, 0) is 43.2 Å². The number of nitrogens with zero attached hydrogens (tertiary/aromatic N) is 1.